The van der Waals surface area contributed by atoms with Crippen LogP contribution in [0.25, 0.3) is 0 Å². The highest BCUT2D eigenvalue weighted by atomic mass is 19.4. The molecule has 1 unspecified atom stereocenters. The molecule has 2 aromatic rings. The lowest BCUT2D eigenvalue weighted by Gasteiger charge is -2.18. The van der Waals surface area contributed by atoms with Gasteiger partial charge in [0.1, 0.15) is 18.5 Å². The first-order valence-corrected chi connectivity index (χ1v) is 7.71. The number of benzene rings is 2. The molecule has 7 heteroatoms. The SMILES string of the molecule is CCC(COc1cccc(C(F)(F)F)c1)OC(=O)Nc1ccccc1. The van der Waals surface area contributed by atoms with Gasteiger partial charge >= 0.3 is 12.3 Å². The van der Waals surface area contributed by atoms with Crippen LogP contribution < -0.4 is 10.1 Å². The van der Waals surface area contributed by atoms with Gasteiger partial charge in [0.25, 0.3) is 0 Å². The number of amides is 1. The average molecular weight is 353 g/mol. The summed E-state index contributed by atoms with van der Waals surface area (Å²) in [6, 6.07) is 13.3. The van der Waals surface area contributed by atoms with Crippen molar-refractivity contribution in [1.29, 1.82) is 0 Å². The number of hydrogen-bond acceptors (Lipinski definition) is 3. The summed E-state index contributed by atoms with van der Waals surface area (Å²) in [7, 11) is 0. The number of ether oxygens (including phenoxy) is 2. The van der Waals surface area contributed by atoms with E-state index >= 15 is 0 Å². The second kappa shape index (κ2) is 8.41. The average Bonchev–Trinajstić information content (AvgIpc) is 2.59. The predicted octanol–water partition coefficient (Wildman–Crippen LogP) is 5.11. The third-order valence-electron chi connectivity index (χ3n) is 3.35. The van der Waals surface area contributed by atoms with Crippen LogP contribution in [0.15, 0.2) is 54.6 Å². The molecule has 0 heterocycles. The van der Waals surface area contributed by atoms with Crippen LogP contribution in [-0.4, -0.2) is 18.8 Å². The molecule has 0 aliphatic heterocycles. The van der Waals surface area contributed by atoms with Gasteiger partial charge in [-0.3, -0.25) is 5.32 Å². The van der Waals surface area contributed by atoms with Crippen molar-refractivity contribution < 1.29 is 27.4 Å². The van der Waals surface area contributed by atoms with E-state index in [1.807, 2.05) is 6.07 Å². The molecule has 0 radical (unpaired) electrons. The summed E-state index contributed by atoms with van der Waals surface area (Å²) < 4.78 is 48.6. The fourth-order valence-corrected chi connectivity index (χ4v) is 2.01. The number of anilines is 1. The van der Waals surface area contributed by atoms with Crippen LogP contribution in [0.3, 0.4) is 0 Å². The summed E-state index contributed by atoms with van der Waals surface area (Å²) in [4.78, 5) is 11.8. The van der Waals surface area contributed by atoms with Gasteiger partial charge in [-0.25, -0.2) is 4.79 Å². The molecule has 0 saturated heterocycles. The van der Waals surface area contributed by atoms with Crippen LogP contribution in [0.5, 0.6) is 5.75 Å². The quantitative estimate of drug-likeness (QED) is 0.785. The summed E-state index contributed by atoms with van der Waals surface area (Å²) in [6.07, 6.45) is -5.21. The zero-order chi connectivity index (χ0) is 18.3. The van der Waals surface area contributed by atoms with E-state index < -0.39 is 23.9 Å². The van der Waals surface area contributed by atoms with E-state index in [9.17, 15) is 18.0 Å². The first-order chi connectivity index (χ1) is 11.9. The van der Waals surface area contributed by atoms with Crippen molar-refractivity contribution >= 4 is 11.8 Å². The van der Waals surface area contributed by atoms with E-state index in [2.05, 4.69) is 5.32 Å². The normalized spacial score (nSPS) is 12.3. The number of rotatable bonds is 6. The standard InChI is InChI=1S/C18H18F3NO3/c1-2-15(25-17(23)22-14-8-4-3-5-9-14)12-24-16-10-6-7-13(11-16)18(19,20)21/h3-11,15H,2,12H2,1H3,(H,22,23). The van der Waals surface area contributed by atoms with Gasteiger partial charge in [-0.15, -0.1) is 0 Å². The van der Waals surface area contributed by atoms with E-state index in [0.29, 0.717) is 12.1 Å². The molecule has 25 heavy (non-hydrogen) atoms. The Morgan fingerprint density at radius 2 is 1.84 bits per heavy atom. The van der Waals surface area contributed by atoms with Crippen molar-refractivity contribution in [2.45, 2.75) is 25.6 Å². The molecule has 134 valence electrons. The summed E-state index contributed by atoms with van der Waals surface area (Å²) in [6.45, 7) is 1.75. The molecule has 0 aliphatic carbocycles. The molecule has 0 fully saturated rings. The third kappa shape index (κ3) is 6.02. The minimum Gasteiger partial charge on any atom is -0.490 e. The minimum atomic E-state index is -4.43. The maximum Gasteiger partial charge on any atom is 0.416 e. The molecular weight excluding hydrogens is 335 g/mol. The molecule has 2 aromatic carbocycles. The Morgan fingerprint density at radius 1 is 1.12 bits per heavy atom. The summed E-state index contributed by atoms with van der Waals surface area (Å²) in [5, 5.41) is 2.57. The van der Waals surface area contributed by atoms with Crippen molar-refractivity contribution in [1.82, 2.24) is 0 Å². The molecule has 0 spiro atoms. The van der Waals surface area contributed by atoms with Crippen LogP contribution in [0.2, 0.25) is 0 Å². The Bertz CT molecular complexity index is 689. The number of hydrogen-bond donors (Lipinski definition) is 1. The molecule has 4 nitrogen and oxygen atoms in total. The number of carbonyl (C=O) groups is 1. The number of halogens is 3. The van der Waals surface area contributed by atoms with Crippen LogP contribution in [0.1, 0.15) is 18.9 Å². The molecule has 0 saturated carbocycles. The largest absolute Gasteiger partial charge is 0.490 e. The Kier molecular flexibility index (Phi) is 6.27. The Hall–Kier alpha value is -2.70. The van der Waals surface area contributed by atoms with E-state index in [-0.39, 0.29) is 12.4 Å². The third-order valence-corrected chi connectivity index (χ3v) is 3.35. The Balaban J connectivity index is 1.89. The van der Waals surface area contributed by atoms with Gasteiger partial charge in [-0.1, -0.05) is 31.2 Å². The van der Waals surface area contributed by atoms with Gasteiger partial charge in [-0.2, -0.15) is 13.2 Å². The van der Waals surface area contributed by atoms with Crippen molar-refractivity contribution in [2.75, 3.05) is 11.9 Å². The highest BCUT2D eigenvalue weighted by Crippen LogP contribution is 2.31. The Labute approximate surface area is 143 Å². The van der Waals surface area contributed by atoms with E-state index in [0.717, 1.165) is 12.1 Å². The highest BCUT2D eigenvalue weighted by Gasteiger charge is 2.30. The smallest absolute Gasteiger partial charge is 0.416 e. The monoisotopic (exact) mass is 353 g/mol. The van der Waals surface area contributed by atoms with Crippen molar-refractivity contribution in [2.24, 2.45) is 0 Å². The first-order valence-electron chi connectivity index (χ1n) is 7.71. The molecule has 2 rings (SSSR count). The van der Waals surface area contributed by atoms with Gasteiger partial charge in [-0.05, 0) is 36.8 Å². The lowest BCUT2D eigenvalue weighted by Crippen LogP contribution is -2.27. The van der Waals surface area contributed by atoms with E-state index in [1.54, 1.807) is 31.2 Å². The van der Waals surface area contributed by atoms with Gasteiger partial charge in [0.2, 0.25) is 0 Å². The molecule has 1 N–H and O–H groups in total. The first kappa shape index (κ1) is 18.6. The van der Waals surface area contributed by atoms with Crippen LogP contribution in [-0.2, 0) is 10.9 Å². The van der Waals surface area contributed by atoms with Crippen molar-refractivity contribution in [3.8, 4) is 5.75 Å². The molecule has 1 amide bonds. The van der Waals surface area contributed by atoms with Crippen LogP contribution in [0, 0.1) is 0 Å². The minimum absolute atomic E-state index is 0.0416. The van der Waals surface area contributed by atoms with Gasteiger partial charge < -0.3 is 9.47 Å². The zero-order valence-corrected chi connectivity index (χ0v) is 13.5. The van der Waals surface area contributed by atoms with Crippen LogP contribution >= 0.6 is 0 Å². The number of alkyl halides is 3. The van der Waals surface area contributed by atoms with E-state index in [1.165, 1.54) is 12.1 Å². The maximum atomic E-state index is 12.7. The summed E-state index contributed by atoms with van der Waals surface area (Å²) in [5.41, 5.74) is -0.207. The summed E-state index contributed by atoms with van der Waals surface area (Å²) in [5.74, 6) is 0.0698. The second-order valence-electron chi connectivity index (χ2n) is 5.26. The topological polar surface area (TPSA) is 47.6 Å². The van der Waals surface area contributed by atoms with Gasteiger partial charge in [0.15, 0.2) is 0 Å². The van der Waals surface area contributed by atoms with Crippen LogP contribution in [0.4, 0.5) is 23.7 Å². The fourth-order valence-electron chi connectivity index (χ4n) is 2.01. The second-order valence-corrected chi connectivity index (χ2v) is 5.26. The predicted molar refractivity (Wildman–Crippen MR) is 87.6 cm³/mol. The Morgan fingerprint density at radius 3 is 2.48 bits per heavy atom. The molecule has 0 aromatic heterocycles. The van der Waals surface area contributed by atoms with Gasteiger partial charge in [0.05, 0.1) is 5.56 Å². The summed E-state index contributed by atoms with van der Waals surface area (Å²) >= 11 is 0. The molecule has 0 aliphatic rings. The lowest BCUT2D eigenvalue weighted by molar-refractivity contribution is -0.137. The zero-order valence-electron chi connectivity index (χ0n) is 13.5. The molecule has 0 bridgehead atoms. The maximum absolute atomic E-state index is 12.7. The molecular formula is C18H18F3NO3. The highest BCUT2D eigenvalue weighted by molar-refractivity contribution is 5.84. The molecule has 1 atom stereocenters. The number of carbonyl (C=O) groups excluding carboxylic acids is 1. The van der Waals surface area contributed by atoms with Crippen molar-refractivity contribution in [3.63, 3.8) is 0 Å². The van der Waals surface area contributed by atoms with E-state index in [4.69, 9.17) is 9.47 Å². The number of para-hydroxylation sites is 1. The lowest BCUT2D eigenvalue weighted by atomic mass is 10.2. The number of nitrogens with one attached hydrogen (secondary N) is 1. The van der Waals surface area contributed by atoms with Gasteiger partial charge in [0, 0.05) is 5.69 Å². The fraction of sp³-hybridized carbons (Fsp3) is 0.278. The van der Waals surface area contributed by atoms with Crippen molar-refractivity contribution in [3.05, 3.63) is 60.2 Å².